The van der Waals surface area contributed by atoms with Crippen LogP contribution in [0.2, 0.25) is 0 Å². The predicted molar refractivity (Wildman–Crippen MR) is 168 cm³/mol. The summed E-state index contributed by atoms with van der Waals surface area (Å²) in [5.74, 6) is 2.46. The number of hydrogen-bond donors (Lipinski definition) is 1. The van der Waals surface area contributed by atoms with E-state index < -0.39 is 0 Å². The van der Waals surface area contributed by atoms with Crippen LogP contribution in [0.15, 0.2) is 113 Å². The molecule has 1 amide bonds. The smallest absolute Gasteiger partial charge is 0.250 e. The van der Waals surface area contributed by atoms with E-state index in [9.17, 15) is 4.79 Å². The molecule has 9 nitrogen and oxygen atoms in total. The number of thioether (sulfide) groups is 1. The van der Waals surface area contributed by atoms with E-state index in [1.807, 2.05) is 109 Å². The Balaban J connectivity index is 1.22. The largest absolute Gasteiger partial charge is 0.494 e. The third-order valence-corrected chi connectivity index (χ3v) is 7.16. The number of carbonyl (C=O) groups is 1. The Kier molecular flexibility index (Phi) is 10.0. The first-order chi connectivity index (χ1) is 21.1. The predicted octanol–water partition coefficient (Wildman–Crippen LogP) is 6.16. The van der Waals surface area contributed by atoms with Crippen molar-refractivity contribution in [1.82, 2.24) is 20.2 Å². The number of ether oxygens (including phenoxy) is 3. The molecule has 0 aliphatic carbocycles. The van der Waals surface area contributed by atoms with Crippen molar-refractivity contribution in [2.45, 2.75) is 18.7 Å². The SMILES string of the molecule is CCOc1ccc(-n2c(SCC(=O)N/N=C/c3ccc(OCc4ccccc4)c(OC)c3)nnc2-c2ccccc2)cc1. The van der Waals surface area contributed by atoms with Gasteiger partial charge in [0.05, 0.1) is 25.7 Å². The van der Waals surface area contributed by atoms with E-state index in [2.05, 4.69) is 20.7 Å². The molecule has 0 bridgehead atoms. The highest BCUT2D eigenvalue weighted by atomic mass is 32.2. The summed E-state index contributed by atoms with van der Waals surface area (Å²) in [4.78, 5) is 12.7. The second-order valence-electron chi connectivity index (χ2n) is 9.20. The van der Waals surface area contributed by atoms with E-state index in [-0.39, 0.29) is 11.7 Å². The minimum Gasteiger partial charge on any atom is -0.494 e. The van der Waals surface area contributed by atoms with E-state index in [0.717, 1.165) is 28.1 Å². The van der Waals surface area contributed by atoms with Crippen molar-refractivity contribution < 1.29 is 19.0 Å². The Labute approximate surface area is 254 Å². The molecule has 0 radical (unpaired) electrons. The van der Waals surface area contributed by atoms with Crippen molar-refractivity contribution in [3.8, 4) is 34.3 Å². The maximum atomic E-state index is 12.7. The van der Waals surface area contributed by atoms with Gasteiger partial charge in [0, 0.05) is 11.3 Å². The Morgan fingerprint density at radius 3 is 2.37 bits per heavy atom. The van der Waals surface area contributed by atoms with Gasteiger partial charge in [0.15, 0.2) is 22.5 Å². The van der Waals surface area contributed by atoms with Gasteiger partial charge in [-0.3, -0.25) is 9.36 Å². The number of aromatic nitrogens is 3. The van der Waals surface area contributed by atoms with Crippen LogP contribution in [0.1, 0.15) is 18.1 Å². The van der Waals surface area contributed by atoms with Crippen LogP contribution in [-0.2, 0) is 11.4 Å². The first kappa shape index (κ1) is 29.4. The van der Waals surface area contributed by atoms with Crippen LogP contribution in [-0.4, -0.2) is 46.4 Å². The molecule has 1 aromatic heterocycles. The number of amides is 1. The summed E-state index contributed by atoms with van der Waals surface area (Å²) < 4.78 is 18.9. The van der Waals surface area contributed by atoms with Gasteiger partial charge in [0.2, 0.25) is 0 Å². The Bertz CT molecular complexity index is 1660. The third-order valence-electron chi connectivity index (χ3n) is 6.23. The van der Waals surface area contributed by atoms with Crippen LogP contribution in [0.4, 0.5) is 0 Å². The second-order valence-corrected chi connectivity index (χ2v) is 10.1. The van der Waals surface area contributed by atoms with E-state index in [4.69, 9.17) is 14.2 Å². The average Bonchev–Trinajstić information content (AvgIpc) is 3.48. The highest BCUT2D eigenvalue weighted by Gasteiger charge is 2.17. The van der Waals surface area contributed by atoms with E-state index in [1.54, 1.807) is 19.4 Å². The van der Waals surface area contributed by atoms with Crippen molar-refractivity contribution in [3.63, 3.8) is 0 Å². The fourth-order valence-corrected chi connectivity index (χ4v) is 4.93. The van der Waals surface area contributed by atoms with Gasteiger partial charge in [-0.25, -0.2) is 5.43 Å². The molecule has 0 saturated heterocycles. The molecule has 5 rings (SSSR count). The number of methoxy groups -OCH3 is 1. The summed E-state index contributed by atoms with van der Waals surface area (Å²) in [6.07, 6.45) is 1.56. The van der Waals surface area contributed by atoms with Gasteiger partial charge >= 0.3 is 0 Å². The van der Waals surface area contributed by atoms with Crippen LogP contribution < -0.4 is 19.6 Å². The molecule has 1 heterocycles. The Hall–Kier alpha value is -5.09. The minimum absolute atomic E-state index is 0.0941. The topological polar surface area (TPSA) is 99.9 Å². The molecule has 0 unspecified atom stereocenters. The van der Waals surface area contributed by atoms with Crippen LogP contribution in [0.25, 0.3) is 17.1 Å². The lowest BCUT2D eigenvalue weighted by Crippen LogP contribution is -2.20. The van der Waals surface area contributed by atoms with Crippen molar-refractivity contribution in [2.75, 3.05) is 19.5 Å². The number of nitrogens with one attached hydrogen (secondary N) is 1. The Morgan fingerprint density at radius 1 is 0.907 bits per heavy atom. The minimum atomic E-state index is -0.279. The number of rotatable bonds is 13. The van der Waals surface area contributed by atoms with Gasteiger partial charge in [-0.2, -0.15) is 5.10 Å². The first-order valence-corrected chi connectivity index (χ1v) is 14.7. The standard InChI is InChI=1S/C33H31N5O4S/c1-3-41-28-17-15-27(16-18-28)38-32(26-12-8-5-9-13-26)36-37-33(38)43-23-31(39)35-34-21-25-14-19-29(30(20-25)40-2)42-22-24-10-6-4-7-11-24/h4-21H,3,22-23H2,1-2H3,(H,35,39)/b34-21+. The molecule has 0 fully saturated rings. The molecule has 0 atom stereocenters. The zero-order chi connectivity index (χ0) is 29.9. The molecular formula is C33H31N5O4S. The van der Waals surface area contributed by atoms with Crippen molar-refractivity contribution in [3.05, 3.63) is 114 Å². The summed E-state index contributed by atoms with van der Waals surface area (Å²) in [6, 6.07) is 32.9. The quantitative estimate of drug-likeness (QED) is 0.0991. The molecular weight excluding hydrogens is 562 g/mol. The highest BCUT2D eigenvalue weighted by molar-refractivity contribution is 7.99. The average molecular weight is 594 g/mol. The van der Waals surface area contributed by atoms with Gasteiger partial charge in [0.25, 0.3) is 5.91 Å². The van der Waals surface area contributed by atoms with E-state index >= 15 is 0 Å². The third kappa shape index (κ3) is 7.81. The van der Waals surface area contributed by atoms with Crippen molar-refractivity contribution in [2.24, 2.45) is 5.10 Å². The number of benzene rings is 4. The summed E-state index contributed by atoms with van der Waals surface area (Å²) >= 11 is 1.27. The van der Waals surface area contributed by atoms with Gasteiger partial charge in [-0.1, -0.05) is 72.4 Å². The van der Waals surface area contributed by atoms with Crippen LogP contribution in [0.5, 0.6) is 17.2 Å². The number of nitrogens with zero attached hydrogens (tertiary/aromatic N) is 4. The molecule has 0 aliphatic rings. The van der Waals surface area contributed by atoms with E-state index in [1.165, 1.54) is 11.8 Å². The maximum Gasteiger partial charge on any atom is 0.250 e. The lowest BCUT2D eigenvalue weighted by atomic mass is 10.2. The summed E-state index contributed by atoms with van der Waals surface area (Å²) in [7, 11) is 1.58. The molecule has 5 aromatic rings. The van der Waals surface area contributed by atoms with E-state index in [0.29, 0.717) is 35.7 Å². The molecule has 218 valence electrons. The highest BCUT2D eigenvalue weighted by Crippen LogP contribution is 2.30. The fraction of sp³-hybridized carbons (Fsp3) is 0.152. The van der Waals surface area contributed by atoms with Crippen molar-refractivity contribution in [1.29, 1.82) is 0 Å². The molecule has 4 aromatic carbocycles. The molecule has 43 heavy (non-hydrogen) atoms. The maximum absolute atomic E-state index is 12.7. The molecule has 0 saturated carbocycles. The van der Waals surface area contributed by atoms with Gasteiger partial charge in [-0.15, -0.1) is 10.2 Å². The zero-order valence-electron chi connectivity index (χ0n) is 23.8. The summed E-state index contributed by atoms with van der Waals surface area (Å²) in [6.45, 7) is 2.96. The molecule has 0 spiro atoms. The molecule has 10 heteroatoms. The van der Waals surface area contributed by atoms with Gasteiger partial charge < -0.3 is 14.2 Å². The lowest BCUT2D eigenvalue weighted by molar-refractivity contribution is -0.118. The molecule has 1 N–H and O–H groups in total. The first-order valence-electron chi connectivity index (χ1n) is 13.7. The fourth-order valence-electron chi connectivity index (χ4n) is 4.19. The van der Waals surface area contributed by atoms with Crippen LogP contribution in [0, 0.1) is 0 Å². The summed E-state index contributed by atoms with van der Waals surface area (Å²) in [5.41, 5.74) is 6.17. The van der Waals surface area contributed by atoms with Crippen LogP contribution in [0.3, 0.4) is 0 Å². The monoisotopic (exact) mass is 593 g/mol. The number of hydrogen-bond acceptors (Lipinski definition) is 8. The van der Waals surface area contributed by atoms with Gasteiger partial charge in [0.1, 0.15) is 12.4 Å². The number of hydrazone groups is 1. The normalized spacial score (nSPS) is 10.9. The number of carbonyl (C=O) groups excluding carboxylic acids is 1. The van der Waals surface area contributed by atoms with Crippen molar-refractivity contribution >= 4 is 23.9 Å². The Morgan fingerprint density at radius 2 is 1.65 bits per heavy atom. The second kappa shape index (κ2) is 14.7. The summed E-state index contributed by atoms with van der Waals surface area (Å²) in [5, 5.41) is 13.5. The zero-order valence-corrected chi connectivity index (χ0v) is 24.7. The van der Waals surface area contributed by atoms with Gasteiger partial charge in [-0.05, 0) is 60.5 Å². The molecule has 0 aliphatic heterocycles. The van der Waals surface area contributed by atoms with Crippen LogP contribution >= 0.6 is 11.8 Å². The lowest BCUT2D eigenvalue weighted by Gasteiger charge is -2.11.